The van der Waals surface area contributed by atoms with Crippen LogP contribution in [0.2, 0.25) is 0 Å². The second kappa shape index (κ2) is 4.87. The fourth-order valence-corrected chi connectivity index (χ4v) is 1.22. The molecule has 1 aromatic heterocycles. The normalized spacial score (nSPS) is 10.5. The van der Waals surface area contributed by atoms with Gasteiger partial charge in [0, 0.05) is 6.42 Å². The molecular weight excluding hydrogens is 195 g/mol. The van der Waals surface area contributed by atoms with Gasteiger partial charge in [0.25, 0.3) is 0 Å². The lowest BCUT2D eigenvalue weighted by atomic mass is 10.1. The molecule has 0 fully saturated rings. The zero-order valence-electron chi connectivity index (χ0n) is 9.17. The summed E-state index contributed by atoms with van der Waals surface area (Å²) in [7, 11) is 0. The van der Waals surface area contributed by atoms with Crippen molar-refractivity contribution in [3.05, 3.63) is 23.8 Å². The first-order valence-corrected chi connectivity index (χ1v) is 4.91. The zero-order valence-corrected chi connectivity index (χ0v) is 9.17. The van der Waals surface area contributed by atoms with E-state index in [1.807, 2.05) is 13.8 Å². The van der Waals surface area contributed by atoms with E-state index in [0.717, 1.165) is 0 Å². The lowest BCUT2D eigenvalue weighted by molar-refractivity contribution is -0.116. The van der Waals surface area contributed by atoms with Crippen molar-refractivity contribution in [3.8, 4) is 0 Å². The van der Waals surface area contributed by atoms with Gasteiger partial charge in [0.1, 0.15) is 0 Å². The molecule has 0 saturated heterocycles. The second-order valence-corrected chi connectivity index (χ2v) is 3.97. The Morgan fingerprint density at radius 3 is 2.80 bits per heavy atom. The number of anilines is 1. The number of pyridine rings is 1. The standard InChI is InChI=1S/C11H15FN2O/c1-7(2)4-11(15)14-9-6-13-10(12)5-8(9)3/h5-7H,4H2,1-3H3,(H,14,15). The van der Waals surface area contributed by atoms with E-state index < -0.39 is 5.95 Å². The first kappa shape index (κ1) is 11.6. The van der Waals surface area contributed by atoms with Gasteiger partial charge in [-0.15, -0.1) is 0 Å². The maximum Gasteiger partial charge on any atom is 0.224 e. The Morgan fingerprint density at radius 1 is 1.60 bits per heavy atom. The van der Waals surface area contributed by atoms with Crippen molar-refractivity contribution in [2.24, 2.45) is 5.92 Å². The number of hydrogen-bond acceptors (Lipinski definition) is 2. The predicted octanol–water partition coefficient (Wildman–Crippen LogP) is 2.51. The molecule has 0 aromatic carbocycles. The van der Waals surface area contributed by atoms with Crippen molar-refractivity contribution in [2.45, 2.75) is 27.2 Å². The molecule has 0 saturated carbocycles. The molecule has 1 heterocycles. The van der Waals surface area contributed by atoms with Crippen LogP contribution in [0.4, 0.5) is 10.1 Å². The first-order chi connectivity index (χ1) is 6.99. The highest BCUT2D eigenvalue weighted by atomic mass is 19.1. The molecule has 0 unspecified atom stereocenters. The van der Waals surface area contributed by atoms with Crippen LogP contribution in [0.3, 0.4) is 0 Å². The lowest BCUT2D eigenvalue weighted by Gasteiger charge is -2.08. The van der Waals surface area contributed by atoms with Gasteiger partial charge < -0.3 is 5.32 Å². The van der Waals surface area contributed by atoms with Crippen molar-refractivity contribution in [1.82, 2.24) is 4.98 Å². The number of amides is 1. The van der Waals surface area contributed by atoms with Gasteiger partial charge in [-0.3, -0.25) is 4.79 Å². The van der Waals surface area contributed by atoms with Crippen LogP contribution in [0.5, 0.6) is 0 Å². The van der Waals surface area contributed by atoms with Gasteiger partial charge in [-0.25, -0.2) is 4.98 Å². The molecule has 0 spiro atoms. The zero-order chi connectivity index (χ0) is 11.4. The highest BCUT2D eigenvalue weighted by molar-refractivity contribution is 5.91. The minimum Gasteiger partial charge on any atom is -0.324 e. The number of carbonyl (C=O) groups is 1. The van der Waals surface area contributed by atoms with E-state index in [9.17, 15) is 9.18 Å². The Bertz CT molecular complexity index is 364. The Morgan fingerprint density at radius 2 is 2.27 bits per heavy atom. The smallest absolute Gasteiger partial charge is 0.224 e. The van der Waals surface area contributed by atoms with Crippen LogP contribution in [-0.2, 0) is 4.79 Å². The molecule has 0 aliphatic carbocycles. The minimum atomic E-state index is -0.533. The molecule has 1 aromatic rings. The second-order valence-electron chi connectivity index (χ2n) is 3.97. The fraction of sp³-hybridized carbons (Fsp3) is 0.455. The van der Waals surface area contributed by atoms with Gasteiger partial charge in [-0.2, -0.15) is 4.39 Å². The van der Waals surface area contributed by atoms with Crippen LogP contribution in [0, 0.1) is 18.8 Å². The monoisotopic (exact) mass is 210 g/mol. The molecule has 0 aliphatic heterocycles. The number of hydrogen-bond donors (Lipinski definition) is 1. The van der Waals surface area contributed by atoms with Crippen molar-refractivity contribution in [2.75, 3.05) is 5.32 Å². The summed E-state index contributed by atoms with van der Waals surface area (Å²) in [5.74, 6) is -0.297. The van der Waals surface area contributed by atoms with Crippen LogP contribution in [0.1, 0.15) is 25.8 Å². The van der Waals surface area contributed by atoms with Gasteiger partial charge in [0.15, 0.2) is 0 Å². The van der Waals surface area contributed by atoms with Crippen molar-refractivity contribution in [1.29, 1.82) is 0 Å². The number of aromatic nitrogens is 1. The van der Waals surface area contributed by atoms with E-state index in [0.29, 0.717) is 23.6 Å². The molecule has 0 bridgehead atoms. The summed E-state index contributed by atoms with van der Waals surface area (Å²) in [6.07, 6.45) is 1.79. The molecule has 82 valence electrons. The van der Waals surface area contributed by atoms with Crippen LogP contribution in [-0.4, -0.2) is 10.9 Å². The SMILES string of the molecule is Cc1cc(F)ncc1NC(=O)CC(C)C. The van der Waals surface area contributed by atoms with E-state index in [2.05, 4.69) is 10.3 Å². The Labute approximate surface area is 88.7 Å². The highest BCUT2D eigenvalue weighted by Crippen LogP contribution is 2.14. The van der Waals surface area contributed by atoms with E-state index in [1.54, 1.807) is 6.92 Å². The number of halogens is 1. The maximum absolute atomic E-state index is 12.7. The minimum absolute atomic E-state index is 0.0680. The number of nitrogens with zero attached hydrogens (tertiary/aromatic N) is 1. The predicted molar refractivity (Wildman–Crippen MR) is 57.0 cm³/mol. The fourth-order valence-electron chi connectivity index (χ4n) is 1.22. The molecule has 15 heavy (non-hydrogen) atoms. The van der Waals surface area contributed by atoms with Gasteiger partial charge in [0.2, 0.25) is 11.9 Å². The average Bonchev–Trinajstić information content (AvgIpc) is 2.08. The summed E-state index contributed by atoms with van der Waals surface area (Å²) in [4.78, 5) is 14.9. The molecule has 1 rings (SSSR count). The van der Waals surface area contributed by atoms with Crippen LogP contribution < -0.4 is 5.32 Å². The summed E-state index contributed by atoms with van der Waals surface area (Å²) in [6.45, 7) is 5.67. The van der Waals surface area contributed by atoms with E-state index in [-0.39, 0.29) is 5.91 Å². The highest BCUT2D eigenvalue weighted by Gasteiger charge is 2.07. The first-order valence-electron chi connectivity index (χ1n) is 4.91. The van der Waals surface area contributed by atoms with Crippen LogP contribution in [0.25, 0.3) is 0 Å². The van der Waals surface area contributed by atoms with Crippen molar-refractivity contribution >= 4 is 11.6 Å². The van der Waals surface area contributed by atoms with E-state index in [4.69, 9.17) is 0 Å². The molecule has 0 atom stereocenters. The van der Waals surface area contributed by atoms with Gasteiger partial charge in [-0.1, -0.05) is 13.8 Å². The number of rotatable bonds is 3. The van der Waals surface area contributed by atoms with E-state index in [1.165, 1.54) is 12.3 Å². The summed E-state index contributed by atoms with van der Waals surface area (Å²) < 4.78 is 12.7. The topological polar surface area (TPSA) is 42.0 Å². The number of nitrogens with one attached hydrogen (secondary N) is 1. The summed E-state index contributed by atoms with van der Waals surface area (Å²) in [6, 6.07) is 1.30. The molecule has 1 N–H and O–H groups in total. The Balaban J connectivity index is 2.68. The van der Waals surface area contributed by atoms with Crippen LogP contribution >= 0.6 is 0 Å². The molecule has 1 amide bonds. The molecular formula is C11H15FN2O. The van der Waals surface area contributed by atoms with E-state index >= 15 is 0 Å². The summed E-state index contributed by atoms with van der Waals surface area (Å²) >= 11 is 0. The maximum atomic E-state index is 12.7. The van der Waals surface area contributed by atoms with Gasteiger partial charge in [-0.05, 0) is 24.5 Å². The Hall–Kier alpha value is -1.45. The largest absolute Gasteiger partial charge is 0.324 e. The third kappa shape index (κ3) is 3.65. The van der Waals surface area contributed by atoms with Gasteiger partial charge in [0.05, 0.1) is 11.9 Å². The number of aryl methyl sites for hydroxylation is 1. The summed E-state index contributed by atoms with van der Waals surface area (Å²) in [5.41, 5.74) is 1.25. The molecule has 0 radical (unpaired) electrons. The molecule has 3 nitrogen and oxygen atoms in total. The van der Waals surface area contributed by atoms with Gasteiger partial charge >= 0.3 is 0 Å². The Kier molecular flexibility index (Phi) is 3.77. The molecule has 0 aliphatic rings. The van der Waals surface area contributed by atoms with Crippen molar-refractivity contribution in [3.63, 3.8) is 0 Å². The average molecular weight is 210 g/mol. The third-order valence-electron chi connectivity index (χ3n) is 1.95. The van der Waals surface area contributed by atoms with Crippen LogP contribution in [0.15, 0.2) is 12.3 Å². The molecule has 4 heteroatoms. The number of carbonyl (C=O) groups excluding carboxylic acids is 1. The summed E-state index contributed by atoms with van der Waals surface area (Å²) in [5, 5.41) is 2.70. The third-order valence-corrected chi connectivity index (χ3v) is 1.95. The quantitative estimate of drug-likeness (QED) is 0.779. The van der Waals surface area contributed by atoms with Crippen molar-refractivity contribution < 1.29 is 9.18 Å². The lowest BCUT2D eigenvalue weighted by Crippen LogP contribution is -2.14.